The van der Waals surface area contributed by atoms with Crippen LogP contribution in [0.1, 0.15) is 77.3 Å². The molecule has 1 unspecified atom stereocenters. The lowest BCUT2D eigenvalue weighted by Gasteiger charge is -2.31. The first-order chi connectivity index (χ1) is 17.7. The zero-order valence-corrected chi connectivity index (χ0v) is 25.6. The average molecular weight is 523 g/mol. The fourth-order valence-electron chi connectivity index (χ4n) is 4.00. The van der Waals surface area contributed by atoms with Crippen molar-refractivity contribution in [1.82, 2.24) is 0 Å². The van der Waals surface area contributed by atoms with Crippen molar-refractivity contribution in [2.75, 3.05) is 13.2 Å². The van der Waals surface area contributed by atoms with E-state index in [-0.39, 0.29) is 17.0 Å². The van der Waals surface area contributed by atoms with Gasteiger partial charge in [-0.05, 0) is 50.2 Å². The molecule has 0 radical (unpaired) electrons. The number of carbonyl (C=O) groups is 2. The molecule has 0 N–H and O–H groups in total. The van der Waals surface area contributed by atoms with Gasteiger partial charge in [0.25, 0.3) is 0 Å². The van der Waals surface area contributed by atoms with Crippen LogP contribution in [-0.2, 0) is 24.1 Å². The van der Waals surface area contributed by atoms with Gasteiger partial charge in [0, 0.05) is 26.4 Å². The molecule has 4 nitrogen and oxygen atoms in total. The van der Waals surface area contributed by atoms with E-state index in [0.29, 0.717) is 30.3 Å². The summed E-state index contributed by atoms with van der Waals surface area (Å²) in [5, 5.41) is 0.0398. The molecule has 0 aliphatic heterocycles. The van der Waals surface area contributed by atoms with Crippen LogP contribution < -0.4 is 0 Å². The van der Waals surface area contributed by atoms with Gasteiger partial charge in [0.2, 0.25) is 0 Å². The topological polar surface area (TPSA) is 52.6 Å². The maximum atomic E-state index is 11.5. The Morgan fingerprint density at radius 2 is 1.32 bits per heavy atom. The first-order valence-electron chi connectivity index (χ1n) is 13.4. The van der Waals surface area contributed by atoms with Gasteiger partial charge in [-0.25, -0.2) is 9.59 Å². The van der Waals surface area contributed by atoms with E-state index in [2.05, 4.69) is 75.5 Å². The van der Waals surface area contributed by atoms with Crippen LogP contribution >= 0.6 is 0 Å². The molecule has 0 spiro atoms. The molecule has 0 amide bonds. The summed E-state index contributed by atoms with van der Waals surface area (Å²) in [5.41, 5.74) is 3.61. The third kappa shape index (κ3) is 11.8. The molecule has 2 aromatic rings. The molecule has 0 aliphatic rings. The van der Waals surface area contributed by atoms with Crippen molar-refractivity contribution in [1.29, 1.82) is 0 Å². The predicted octanol–water partition coefficient (Wildman–Crippen LogP) is 6.52. The van der Waals surface area contributed by atoms with Gasteiger partial charge >= 0.3 is 11.9 Å². The number of ether oxygens (including phenoxy) is 2. The van der Waals surface area contributed by atoms with E-state index >= 15 is 0 Å². The molecule has 0 aliphatic carbocycles. The van der Waals surface area contributed by atoms with E-state index in [9.17, 15) is 9.59 Å². The molecule has 0 heterocycles. The van der Waals surface area contributed by atoms with Gasteiger partial charge in [0.1, 0.15) is 0 Å². The number of hydrogen-bond acceptors (Lipinski definition) is 4. The predicted molar refractivity (Wildman–Crippen MR) is 158 cm³/mol. The van der Waals surface area contributed by atoms with Crippen molar-refractivity contribution in [2.24, 2.45) is 5.92 Å². The third-order valence-corrected chi connectivity index (χ3v) is 8.22. The minimum Gasteiger partial charge on any atom is -0.462 e. The summed E-state index contributed by atoms with van der Waals surface area (Å²) in [4.78, 5) is 22.6. The van der Waals surface area contributed by atoms with Crippen LogP contribution in [0, 0.1) is 5.92 Å². The van der Waals surface area contributed by atoms with E-state index < -0.39 is 0 Å². The molecule has 1 atom stereocenters. The van der Waals surface area contributed by atoms with Crippen LogP contribution in [0.2, 0.25) is 0 Å². The van der Waals surface area contributed by atoms with Crippen LogP contribution in [0.15, 0.2) is 85.0 Å². The summed E-state index contributed by atoms with van der Waals surface area (Å²) in [6, 6.07) is 21.2. The van der Waals surface area contributed by atoms with Crippen molar-refractivity contribution < 1.29 is 19.1 Å². The van der Waals surface area contributed by atoms with Crippen LogP contribution in [0.5, 0.6) is 0 Å². The largest absolute Gasteiger partial charge is 0.462 e. The highest BCUT2D eigenvalue weighted by molar-refractivity contribution is 6.18. The smallest absolute Gasteiger partial charge is 0.333 e. The highest BCUT2D eigenvalue weighted by atomic mass is 28.1. The molecule has 202 valence electrons. The first kappa shape index (κ1) is 32.1. The average Bonchev–Trinajstić information content (AvgIpc) is 2.92. The summed E-state index contributed by atoms with van der Waals surface area (Å²) in [6.45, 7) is 15.8. The Kier molecular flexibility index (Phi) is 15.2. The SMILES string of the molecule is C=C(C)C(=O)OCC(CC)CCCC.C=C(C)C(=O)OCCCC([SiH3])(c1ccccc1)c1ccccc1. The zero-order chi connectivity index (χ0) is 27.7. The molecule has 5 heteroatoms. The maximum Gasteiger partial charge on any atom is 0.333 e. The summed E-state index contributed by atoms with van der Waals surface area (Å²) in [6.07, 6.45) is 6.44. The number of esters is 2. The fraction of sp³-hybridized carbons (Fsp3) is 0.438. The Labute approximate surface area is 227 Å². The second kappa shape index (κ2) is 17.5. The summed E-state index contributed by atoms with van der Waals surface area (Å²) in [7, 11) is 0.995. The van der Waals surface area contributed by atoms with Gasteiger partial charge < -0.3 is 9.47 Å². The monoisotopic (exact) mass is 522 g/mol. The van der Waals surface area contributed by atoms with Crippen LogP contribution in [0.4, 0.5) is 0 Å². The van der Waals surface area contributed by atoms with E-state index in [4.69, 9.17) is 9.47 Å². The molecular weight excluding hydrogens is 476 g/mol. The number of carbonyl (C=O) groups excluding carboxylic acids is 2. The third-order valence-electron chi connectivity index (χ3n) is 6.57. The Hall–Kier alpha value is -2.92. The van der Waals surface area contributed by atoms with Crippen LogP contribution in [0.3, 0.4) is 0 Å². The van der Waals surface area contributed by atoms with E-state index in [1.165, 1.54) is 24.0 Å². The molecule has 0 aromatic heterocycles. The molecule has 0 fully saturated rings. The van der Waals surface area contributed by atoms with Crippen molar-refractivity contribution in [2.45, 2.75) is 71.3 Å². The van der Waals surface area contributed by atoms with Crippen LogP contribution in [-0.4, -0.2) is 35.4 Å². The van der Waals surface area contributed by atoms with Crippen molar-refractivity contribution in [3.63, 3.8) is 0 Å². The number of benzene rings is 2. The van der Waals surface area contributed by atoms with Crippen molar-refractivity contribution in [3.8, 4) is 0 Å². The Morgan fingerprint density at radius 3 is 1.76 bits per heavy atom. The fourth-order valence-corrected chi connectivity index (χ4v) is 5.02. The molecule has 2 rings (SSSR count). The van der Waals surface area contributed by atoms with Crippen molar-refractivity contribution >= 4 is 22.2 Å². The summed E-state index contributed by atoms with van der Waals surface area (Å²) in [5.74, 6) is -0.0541. The quantitative estimate of drug-likeness (QED) is 0.123. The molecule has 0 bridgehead atoms. The zero-order valence-electron chi connectivity index (χ0n) is 23.6. The Morgan fingerprint density at radius 1 is 0.838 bits per heavy atom. The molecule has 2 aromatic carbocycles. The minimum atomic E-state index is -0.302. The first-order valence-corrected chi connectivity index (χ1v) is 14.4. The highest BCUT2D eigenvalue weighted by Crippen LogP contribution is 2.33. The van der Waals surface area contributed by atoms with E-state index in [0.717, 1.165) is 35.9 Å². The van der Waals surface area contributed by atoms with Crippen LogP contribution in [0.25, 0.3) is 0 Å². The lowest BCUT2D eigenvalue weighted by atomic mass is 9.86. The molecule has 0 saturated heterocycles. The normalized spacial score (nSPS) is 11.6. The second-order valence-electron chi connectivity index (χ2n) is 9.88. The molecule has 0 saturated carbocycles. The van der Waals surface area contributed by atoms with Gasteiger partial charge in [-0.1, -0.05) is 107 Å². The second-order valence-corrected chi connectivity index (χ2v) is 11.6. The standard InChI is InChI=1S/C20H24O2Si.C12H22O2/c1-16(2)19(21)22-15-9-14-20(23,17-10-5-3-6-11-17)18-12-7-4-8-13-18;1-5-7-8-11(6-2)9-14-12(13)10(3)4/h3-8,10-13H,1,9,14-15H2,2,23H3;11H,3,5-9H2,1-2,4H3. The highest BCUT2D eigenvalue weighted by Gasteiger charge is 2.28. The van der Waals surface area contributed by atoms with Gasteiger partial charge in [-0.15, -0.1) is 0 Å². The molecular formula is C32H46O4Si. The van der Waals surface area contributed by atoms with Gasteiger partial charge in [-0.3, -0.25) is 0 Å². The summed E-state index contributed by atoms with van der Waals surface area (Å²) >= 11 is 0. The maximum absolute atomic E-state index is 11.5. The number of rotatable bonds is 14. The van der Waals surface area contributed by atoms with Gasteiger partial charge in [0.05, 0.1) is 13.2 Å². The lowest BCUT2D eigenvalue weighted by molar-refractivity contribution is -0.140. The Balaban J connectivity index is 0.000000422. The lowest BCUT2D eigenvalue weighted by Crippen LogP contribution is -2.28. The van der Waals surface area contributed by atoms with Crippen molar-refractivity contribution in [3.05, 3.63) is 96.1 Å². The Bertz CT molecular complexity index is 929. The number of unbranched alkanes of at least 4 members (excludes halogenated alkanes) is 1. The summed E-state index contributed by atoms with van der Waals surface area (Å²) < 4.78 is 10.4. The van der Waals surface area contributed by atoms with E-state index in [1.807, 2.05) is 12.1 Å². The van der Waals surface area contributed by atoms with Gasteiger partial charge in [0.15, 0.2) is 0 Å². The minimum absolute atomic E-state index is 0.0398. The van der Waals surface area contributed by atoms with E-state index in [1.54, 1.807) is 13.8 Å². The molecule has 37 heavy (non-hydrogen) atoms. The van der Waals surface area contributed by atoms with Gasteiger partial charge in [-0.2, -0.15) is 0 Å². The number of hydrogen-bond donors (Lipinski definition) is 0.